The maximum Gasteiger partial charge on any atom is 0.225 e. The number of rotatable bonds is 2. The van der Waals surface area contributed by atoms with Crippen molar-refractivity contribution < 1.29 is 4.74 Å². The molecule has 80 valence electrons. The third-order valence-corrected chi connectivity index (χ3v) is 2.13. The molecule has 0 bridgehead atoms. The van der Waals surface area contributed by atoms with Gasteiger partial charge in [-0.3, -0.25) is 0 Å². The summed E-state index contributed by atoms with van der Waals surface area (Å²) in [6, 6.07) is 5.36. The standard InChI is InChI=1S/C11H10N4O/c1-7-6-13-10(14-7)9-4-3-8(5-12)15-11(9)16-2/h3-4,6H,1-2H3,(H,13,14). The first-order valence-corrected chi connectivity index (χ1v) is 4.71. The fraction of sp³-hybridized carbons (Fsp3) is 0.182. The van der Waals surface area contributed by atoms with Crippen LogP contribution in [0.5, 0.6) is 5.88 Å². The molecule has 0 unspecified atom stereocenters. The van der Waals surface area contributed by atoms with E-state index < -0.39 is 0 Å². The van der Waals surface area contributed by atoms with Gasteiger partial charge in [-0.25, -0.2) is 9.97 Å². The number of imidazole rings is 1. The number of hydrogen-bond donors (Lipinski definition) is 1. The van der Waals surface area contributed by atoms with E-state index in [4.69, 9.17) is 10.00 Å². The molecular formula is C11H10N4O. The first kappa shape index (κ1) is 10.2. The lowest BCUT2D eigenvalue weighted by Crippen LogP contribution is -1.94. The van der Waals surface area contributed by atoms with Gasteiger partial charge >= 0.3 is 0 Å². The van der Waals surface area contributed by atoms with Crippen molar-refractivity contribution >= 4 is 0 Å². The van der Waals surface area contributed by atoms with Crippen molar-refractivity contribution in [3.05, 3.63) is 29.7 Å². The molecule has 0 aliphatic carbocycles. The summed E-state index contributed by atoms with van der Waals surface area (Å²) in [7, 11) is 1.52. The second-order valence-electron chi connectivity index (χ2n) is 3.28. The molecule has 0 spiro atoms. The van der Waals surface area contributed by atoms with Gasteiger partial charge in [0.1, 0.15) is 17.6 Å². The molecule has 2 heterocycles. The van der Waals surface area contributed by atoms with Gasteiger partial charge in [-0.15, -0.1) is 0 Å². The highest BCUT2D eigenvalue weighted by Gasteiger charge is 2.10. The summed E-state index contributed by atoms with van der Waals surface area (Å²) < 4.78 is 5.13. The number of ether oxygens (including phenoxy) is 1. The van der Waals surface area contributed by atoms with Crippen LogP contribution in [0, 0.1) is 18.3 Å². The smallest absolute Gasteiger partial charge is 0.225 e. The number of nitrogens with one attached hydrogen (secondary N) is 1. The van der Waals surface area contributed by atoms with Gasteiger partial charge in [0.25, 0.3) is 0 Å². The summed E-state index contributed by atoms with van der Waals surface area (Å²) in [5, 5.41) is 8.73. The van der Waals surface area contributed by atoms with Crippen LogP contribution in [-0.4, -0.2) is 22.1 Å². The van der Waals surface area contributed by atoms with Crippen LogP contribution in [-0.2, 0) is 0 Å². The van der Waals surface area contributed by atoms with Crippen LogP contribution >= 0.6 is 0 Å². The van der Waals surface area contributed by atoms with Crippen molar-refractivity contribution in [3.8, 4) is 23.3 Å². The first-order valence-electron chi connectivity index (χ1n) is 4.71. The summed E-state index contributed by atoms with van der Waals surface area (Å²) in [5.74, 6) is 1.08. The Bertz CT molecular complexity index is 553. The van der Waals surface area contributed by atoms with E-state index in [1.807, 2.05) is 13.0 Å². The SMILES string of the molecule is COc1nc(C#N)ccc1-c1ncc(C)[nH]1. The molecule has 0 radical (unpaired) electrons. The molecule has 0 aromatic carbocycles. The molecule has 2 aromatic heterocycles. The average molecular weight is 214 g/mol. The molecule has 0 aliphatic heterocycles. The number of aryl methyl sites for hydroxylation is 1. The van der Waals surface area contributed by atoms with Crippen LogP contribution < -0.4 is 4.74 Å². The van der Waals surface area contributed by atoms with E-state index in [0.717, 1.165) is 11.3 Å². The summed E-state index contributed by atoms with van der Waals surface area (Å²) in [4.78, 5) is 11.3. The number of aromatic amines is 1. The zero-order valence-corrected chi connectivity index (χ0v) is 8.98. The predicted octanol–water partition coefficient (Wildman–Crippen LogP) is 1.66. The Hall–Kier alpha value is -2.35. The Balaban J connectivity index is 2.53. The summed E-state index contributed by atoms with van der Waals surface area (Å²) in [5.41, 5.74) is 2.03. The summed E-state index contributed by atoms with van der Waals surface area (Å²) in [6.45, 7) is 1.92. The second-order valence-corrected chi connectivity index (χ2v) is 3.28. The number of nitriles is 1. The van der Waals surface area contributed by atoms with E-state index >= 15 is 0 Å². The van der Waals surface area contributed by atoms with Crippen molar-refractivity contribution in [2.45, 2.75) is 6.92 Å². The fourth-order valence-electron chi connectivity index (χ4n) is 1.39. The molecule has 0 atom stereocenters. The number of aromatic nitrogens is 3. The topological polar surface area (TPSA) is 74.6 Å². The van der Waals surface area contributed by atoms with Crippen molar-refractivity contribution in [1.29, 1.82) is 5.26 Å². The van der Waals surface area contributed by atoms with Crippen LogP contribution in [0.3, 0.4) is 0 Å². The van der Waals surface area contributed by atoms with Crippen molar-refractivity contribution in [2.75, 3.05) is 7.11 Å². The van der Waals surface area contributed by atoms with Crippen molar-refractivity contribution in [1.82, 2.24) is 15.0 Å². The Morgan fingerprint density at radius 2 is 2.25 bits per heavy atom. The Kier molecular flexibility index (Phi) is 2.56. The first-order chi connectivity index (χ1) is 7.74. The number of H-pyrrole nitrogens is 1. The molecule has 0 fully saturated rings. The second kappa shape index (κ2) is 4.03. The van der Waals surface area contributed by atoms with E-state index in [-0.39, 0.29) is 0 Å². The number of pyridine rings is 1. The molecule has 0 saturated carbocycles. The zero-order valence-electron chi connectivity index (χ0n) is 8.98. The molecular weight excluding hydrogens is 204 g/mol. The van der Waals surface area contributed by atoms with Gasteiger partial charge in [0.15, 0.2) is 0 Å². The van der Waals surface area contributed by atoms with Crippen LogP contribution in [0.4, 0.5) is 0 Å². The quantitative estimate of drug-likeness (QED) is 0.824. The van der Waals surface area contributed by atoms with Gasteiger partial charge in [-0.2, -0.15) is 5.26 Å². The normalized spacial score (nSPS) is 9.81. The Labute approximate surface area is 92.7 Å². The third-order valence-electron chi connectivity index (χ3n) is 2.13. The monoisotopic (exact) mass is 214 g/mol. The highest BCUT2D eigenvalue weighted by atomic mass is 16.5. The maximum atomic E-state index is 8.73. The molecule has 2 rings (SSSR count). The predicted molar refractivity (Wildman–Crippen MR) is 57.8 cm³/mol. The van der Waals surface area contributed by atoms with Crippen LogP contribution in [0.1, 0.15) is 11.4 Å². The highest BCUT2D eigenvalue weighted by molar-refractivity contribution is 5.62. The summed E-state index contributed by atoms with van der Waals surface area (Å²) >= 11 is 0. The van der Waals surface area contributed by atoms with Gasteiger partial charge < -0.3 is 9.72 Å². The maximum absolute atomic E-state index is 8.73. The Morgan fingerprint density at radius 1 is 1.44 bits per heavy atom. The van der Waals surface area contributed by atoms with Gasteiger partial charge in [-0.05, 0) is 19.1 Å². The average Bonchev–Trinajstić information content (AvgIpc) is 2.74. The molecule has 0 amide bonds. The van der Waals surface area contributed by atoms with Gasteiger partial charge in [-0.1, -0.05) is 0 Å². The van der Waals surface area contributed by atoms with Crippen LogP contribution in [0.25, 0.3) is 11.4 Å². The van der Waals surface area contributed by atoms with Gasteiger partial charge in [0.05, 0.1) is 12.7 Å². The third kappa shape index (κ3) is 1.73. The number of methoxy groups -OCH3 is 1. The van der Waals surface area contributed by atoms with Crippen molar-refractivity contribution in [3.63, 3.8) is 0 Å². The lowest BCUT2D eigenvalue weighted by molar-refractivity contribution is 0.399. The molecule has 16 heavy (non-hydrogen) atoms. The lowest BCUT2D eigenvalue weighted by atomic mass is 10.2. The minimum absolute atomic E-state index is 0.323. The van der Waals surface area contributed by atoms with E-state index in [1.165, 1.54) is 7.11 Å². The minimum atomic E-state index is 0.323. The van der Waals surface area contributed by atoms with Gasteiger partial charge in [0, 0.05) is 11.9 Å². The molecule has 1 N–H and O–H groups in total. The number of nitrogens with zero attached hydrogens (tertiary/aromatic N) is 3. The Morgan fingerprint density at radius 3 is 2.81 bits per heavy atom. The molecule has 2 aromatic rings. The molecule has 5 nitrogen and oxygen atoms in total. The van der Waals surface area contributed by atoms with E-state index in [0.29, 0.717) is 17.4 Å². The molecule has 5 heteroatoms. The fourth-order valence-corrected chi connectivity index (χ4v) is 1.39. The van der Waals surface area contributed by atoms with Gasteiger partial charge in [0.2, 0.25) is 5.88 Å². The lowest BCUT2D eigenvalue weighted by Gasteiger charge is -2.04. The van der Waals surface area contributed by atoms with E-state index in [9.17, 15) is 0 Å². The van der Waals surface area contributed by atoms with Crippen LogP contribution in [0.2, 0.25) is 0 Å². The summed E-state index contributed by atoms with van der Waals surface area (Å²) in [6.07, 6.45) is 1.73. The zero-order chi connectivity index (χ0) is 11.5. The minimum Gasteiger partial charge on any atom is -0.480 e. The molecule has 0 aliphatic rings. The largest absolute Gasteiger partial charge is 0.480 e. The van der Waals surface area contributed by atoms with E-state index in [2.05, 4.69) is 15.0 Å². The highest BCUT2D eigenvalue weighted by Crippen LogP contribution is 2.25. The number of hydrogen-bond acceptors (Lipinski definition) is 4. The van der Waals surface area contributed by atoms with E-state index in [1.54, 1.807) is 18.3 Å². The van der Waals surface area contributed by atoms with Crippen LogP contribution in [0.15, 0.2) is 18.3 Å². The van der Waals surface area contributed by atoms with Crippen molar-refractivity contribution in [2.24, 2.45) is 0 Å². The molecule has 0 saturated heterocycles.